The van der Waals surface area contributed by atoms with E-state index in [1.165, 1.54) is 0 Å². The van der Waals surface area contributed by atoms with E-state index in [0.717, 1.165) is 51.4 Å². The zero-order valence-corrected chi connectivity index (χ0v) is 15.7. The third kappa shape index (κ3) is 2.59. The van der Waals surface area contributed by atoms with Gasteiger partial charge in [-0.25, -0.2) is 0 Å². The number of carbonyl (C=O) groups excluding carboxylic acids is 2. The van der Waals surface area contributed by atoms with Gasteiger partial charge in [0.05, 0.1) is 48.5 Å². The van der Waals surface area contributed by atoms with Crippen molar-refractivity contribution in [2.45, 2.75) is 82.2 Å². The van der Waals surface area contributed by atoms with Gasteiger partial charge in [-0.15, -0.1) is 0 Å². The van der Waals surface area contributed by atoms with E-state index in [4.69, 9.17) is 18.9 Å². The number of fused-ring (bicyclic) bond motifs is 3. The highest BCUT2D eigenvalue weighted by atomic mass is 16.6. The topological polar surface area (TPSA) is 77.7 Å². The first-order valence-corrected chi connectivity index (χ1v) is 10.8. The first-order valence-electron chi connectivity index (χ1n) is 10.8. The first kappa shape index (κ1) is 16.8. The van der Waals surface area contributed by atoms with Crippen molar-refractivity contribution in [3.05, 3.63) is 0 Å². The summed E-state index contributed by atoms with van der Waals surface area (Å²) in [5, 5.41) is 0. The second kappa shape index (κ2) is 5.69. The van der Waals surface area contributed by atoms with Crippen LogP contribution >= 0.6 is 0 Å². The fourth-order valence-electron chi connectivity index (χ4n) is 6.06. The minimum atomic E-state index is -0.575. The second-order valence-electron chi connectivity index (χ2n) is 9.82. The molecule has 2 aliphatic heterocycles. The van der Waals surface area contributed by atoms with Crippen LogP contribution in [-0.2, 0) is 28.5 Å². The number of carbonyl (C=O) groups is 2. The third-order valence-electron chi connectivity index (χ3n) is 8.28. The second-order valence-corrected chi connectivity index (χ2v) is 9.82. The van der Waals surface area contributed by atoms with Crippen LogP contribution in [0.25, 0.3) is 0 Å². The summed E-state index contributed by atoms with van der Waals surface area (Å²) in [5.74, 6) is 0.482. The van der Waals surface area contributed by atoms with Gasteiger partial charge in [0.25, 0.3) is 0 Å². The minimum Gasteiger partial charge on any atom is -0.465 e. The van der Waals surface area contributed by atoms with Crippen molar-refractivity contribution in [1.29, 1.82) is 0 Å². The highest BCUT2D eigenvalue weighted by molar-refractivity contribution is 5.97. The van der Waals surface area contributed by atoms with Crippen molar-refractivity contribution >= 4 is 11.9 Å². The van der Waals surface area contributed by atoms with Crippen LogP contribution in [0.15, 0.2) is 0 Å². The molecule has 2 saturated heterocycles. The number of epoxide rings is 2. The van der Waals surface area contributed by atoms with E-state index in [0.29, 0.717) is 55.9 Å². The van der Waals surface area contributed by atoms with E-state index in [1.54, 1.807) is 0 Å². The summed E-state index contributed by atoms with van der Waals surface area (Å²) in [4.78, 5) is 25.4. The Labute approximate surface area is 159 Å². The van der Waals surface area contributed by atoms with E-state index in [9.17, 15) is 9.59 Å². The van der Waals surface area contributed by atoms with Gasteiger partial charge in [-0.1, -0.05) is 0 Å². The molecule has 6 aliphatic rings. The maximum Gasteiger partial charge on any atom is 0.313 e. The van der Waals surface area contributed by atoms with Gasteiger partial charge in [-0.05, 0) is 69.6 Å². The molecule has 0 aromatic heterocycles. The number of hydrogen-bond donors (Lipinski definition) is 0. The molecular formula is C21H28O6. The quantitative estimate of drug-likeness (QED) is 0.523. The monoisotopic (exact) mass is 376 g/mol. The maximum atomic E-state index is 12.7. The van der Waals surface area contributed by atoms with Gasteiger partial charge in [-0.2, -0.15) is 0 Å². The van der Waals surface area contributed by atoms with Gasteiger partial charge in [-0.3, -0.25) is 9.59 Å². The van der Waals surface area contributed by atoms with E-state index >= 15 is 0 Å². The van der Waals surface area contributed by atoms with E-state index < -0.39 is 10.8 Å². The summed E-state index contributed by atoms with van der Waals surface area (Å²) in [6.45, 7) is 0.950. The van der Waals surface area contributed by atoms with Crippen LogP contribution in [0.4, 0.5) is 0 Å². The molecule has 0 radical (unpaired) electrons. The van der Waals surface area contributed by atoms with Crippen LogP contribution in [-0.4, -0.2) is 49.6 Å². The summed E-state index contributed by atoms with van der Waals surface area (Å²) in [5.41, 5.74) is -1.15. The highest BCUT2D eigenvalue weighted by Gasteiger charge is 2.83. The molecule has 27 heavy (non-hydrogen) atoms. The predicted octanol–water partition coefficient (Wildman–Crippen LogP) is 2.38. The Morgan fingerprint density at radius 2 is 1.22 bits per heavy atom. The van der Waals surface area contributed by atoms with E-state index in [1.807, 2.05) is 0 Å². The van der Waals surface area contributed by atoms with Gasteiger partial charge in [0.1, 0.15) is 0 Å². The molecule has 0 bridgehead atoms. The summed E-state index contributed by atoms with van der Waals surface area (Å²) < 4.78 is 22.4. The molecule has 6 nitrogen and oxygen atoms in total. The van der Waals surface area contributed by atoms with Crippen molar-refractivity contribution in [3.8, 4) is 0 Å². The minimum absolute atomic E-state index is 0.170. The summed E-state index contributed by atoms with van der Waals surface area (Å²) in [7, 11) is 0. The molecule has 0 aromatic rings. The fourth-order valence-corrected chi connectivity index (χ4v) is 6.06. The lowest BCUT2D eigenvalue weighted by Crippen LogP contribution is -2.41. The van der Waals surface area contributed by atoms with Gasteiger partial charge >= 0.3 is 11.9 Å². The van der Waals surface area contributed by atoms with E-state index in [-0.39, 0.29) is 11.9 Å². The van der Waals surface area contributed by atoms with Crippen molar-refractivity contribution in [2.75, 3.05) is 13.2 Å². The number of ether oxygens (including phenoxy) is 4. The predicted molar refractivity (Wildman–Crippen MR) is 92.6 cm³/mol. The van der Waals surface area contributed by atoms with Gasteiger partial charge < -0.3 is 18.9 Å². The molecule has 6 heteroatoms. The lowest BCUT2D eigenvalue weighted by atomic mass is 9.73. The van der Waals surface area contributed by atoms with E-state index in [2.05, 4.69) is 0 Å². The van der Waals surface area contributed by atoms with Crippen LogP contribution in [0.3, 0.4) is 0 Å². The first-order chi connectivity index (χ1) is 13.1. The highest BCUT2D eigenvalue weighted by Crippen LogP contribution is 2.78. The van der Waals surface area contributed by atoms with Gasteiger partial charge in [0.2, 0.25) is 0 Å². The lowest BCUT2D eigenvalue weighted by Gasteiger charge is -2.33. The maximum absolute atomic E-state index is 12.7. The zero-order valence-electron chi connectivity index (χ0n) is 15.7. The lowest BCUT2D eigenvalue weighted by molar-refractivity contribution is -0.169. The SMILES string of the molecule is O=C(OCC1CCC2OC2C1)C12CCC1(C(=O)OCC1CCC3OC3C1)C2. The normalized spacial score (nSPS) is 51.0. The molecule has 6 fully saturated rings. The smallest absolute Gasteiger partial charge is 0.313 e. The van der Waals surface area contributed by atoms with Crippen molar-refractivity contribution in [1.82, 2.24) is 0 Å². The number of rotatable bonds is 6. The molecule has 8 unspecified atom stereocenters. The van der Waals surface area contributed by atoms with Gasteiger partial charge in [0.15, 0.2) is 0 Å². The van der Waals surface area contributed by atoms with Crippen LogP contribution in [0, 0.1) is 22.7 Å². The third-order valence-corrected chi connectivity index (χ3v) is 8.28. The Bertz CT molecular complexity index is 622. The molecule has 0 N–H and O–H groups in total. The zero-order chi connectivity index (χ0) is 18.2. The average Bonchev–Trinajstić information content (AvgIpc) is 3.58. The fraction of sp³-hybridized carbons (Fsp3) is 0.905. The summed E-state index contributed by atoms with van der Waals surface area (Å²) >= 11 is 0. The van der Waals surface area contributed by atoms with Gasteiger partial charge in [0, 0.05) is 0 Å². The van der Waals surface area contributed by atoms with Crippen molar-refractivity contribution in [2.24, 2.45) is 22.7 Å². The summed E-state index contributed by atoms with van der Waals surface area (Å²) in [6, 6.07) is 0. The average molecular weight is 376 g/mol. The Morgan fingerprint density at radius 1 is 0.741 bits per heavy atom. The van der Waals surface area contributed by atoms with Crippen LogP contribution < -0.4 is 0 Å². The molecule has 6 rings (SSSR count). The molecule has 4 aliphatic carbocycles. The molecule has 0 aromatic carbocycles. The summed E-state index contributed by atoms with van der Waals surface area (Å²) in [6.07, 6.45) is 10.2. The van der Waals surface area contributed by atoms with Crippen molar-refractivity contribution in [3.63, 3.8) is 0 Å². The molecule has 0 spiro atoms. The van der Waals surface area contributed by atoms with Crippen molar-refractivity contribution < 1.29 is 28.5 Å². The number of esters is 2. The largest absolute Gasteiger partial charge is 0.465 e. The Morgan fingerprint density at radius 3 is 1.63 bits per heavy atom. The molecule has 148 valence electrons. The van der Waals surface area contributed by atoms with Crippen LogP contribution in [0.5, 0.6) is 0 Å². The molecule has 0 amide bonds. The Hall–Kier alpha value is -1.14. The standard InChI is InChI=1S/C21H28O6/c22-18(24-9-12-1-3-14-16(7-12)26-14)20-5-6-21(20,11-20)19(23)25-10-13-2-4-15-17(8-13)27-15/h12-17H,1-11H2. The molecular weight excluding hydrogens is 348 g/mol. The van der Waals surface area contributed by atoms with Crippen LogP contribution in [0.2, 0.25) is 0 Å². The molecule has 8 atom stereocenters. The Kier molecular flexibility index (Phi) is 3.54. The Balaban J connectivity index is 0.996. The molecule has 2 heterocycles. The molecule has 4 saturated carbocycles. The number of hydrogen-bond acceptors (Lipinski definition) is 6. The van der Waals surface area contributed by atoms with Crippen LogP contribution in [0.1, 0.15) is 57.8 Å².